The summed E-state index contributed by atoms with van der Waals surface area (Å²) in [6.45, 7) is 3.29. The molecule has 0 saturated carbocycles. The van der Waals surface area contributed by atoms with Crippen molar-refractivity contribution in [3.05, 3.63) is 36.0 Å². The van der Waals surface area contributed by atoms with Crippen molar-refractivity contribution < 1.29 is 9.53 Å². The first-order chi connectivity index (χ1) is 12.3. The first-order valence-corrected chi connectivity index (χ1v) is 9.50. The van der Waals surface area contributed by atoms with E-state index in [0.29, 0.717) is 18.6 Å². The molecule has 25 heavy (non-hydrogen) atoms. The number of rotatable bonds is 4. The minimum absolute atomic E-state index is 0.0760. The molecule has 1 aromatic heterocycles. The van der Waals surface area contributed by atoms with Gasteiger partial charge < -0.3 is 19.9 Å². The van der Waals surface area contributed by atoms with Crippen molar-refractivity contribution in [3.63, 3.8) is 0 Å². The van der Waals surface area contributed by atoms with Crippen LogP contribution in [0.1, 0.15) is 31.2 Å². The predicted octanol–water partition coefficient (Wildman–Crippen LogP) is 3.31. The second-order valence-corrected chi connectivity index (χ2v) is 7.21. The summed E-state index contributed by atoms with van der Waals surface area (Å²) in [4.78, 5) is 17.6. The van der Waals surface area contributed by atoms with Crippen LogP contribution < -0.4 is 5.32 Å². The molecule has 2 N–H and O–H groups in total. The molecule has 5 heteroatoms. The topological polar surface area (TPSA) is 57.4 Å². The first kappa shape index (κ1) is 16.5. The van der Waals surface area contributed by atoms with Crippen molar-refractivity contribution in [1.29, 1.82) is 0 Å². The number of nitrogens with one attached hydrogen (secondary N) is 2. The molecule has 4 rings (SSSR count). The minimum atomic E-state index is 0.0760. The van der Waals surface area contributed by atoms with Crippen LogP contribution in [-0.2, 0) is 11.2 Å². The highest BCUT2D eigenvalue weighted by Crippen LogP contribution is 2.28. The van der Waals surface area contributed by atoms with E-state index >= 15 is 0 Å². The number of fused-ring (bicyclic) bond motifs is 1. The zero-order chi connectivity index (χ0) is 17.1. The molecule has 0 aliphatic carbocycles. The van der Waals surface area contributed by atoms with Gasteiger partial charge in [-0.3, -0.25) is 0 Å². The number of hydrogen-bond acceptors (Lipinski definition) is 2. The molecule has 2 aromatic rings. The summed E-state index contributed by atoms with van der Waals surface area (Å²) in [6, 6.07) is 8.45. The lowest BCUT2D eigenvalue weighted by atomic mass is 9.90. The zero-order valence-electron chi connectivity index (χ0n) is 14.7. The summed E-state index contributed by atoms with van der Waals surface area (Å²) in [7, 11) is 0. The molecular formula is C20H27N3O2. The summed E-state index contributed by atoms with van der Waals surface area (Å²) in [6.07, 6.45) is 7.78. The lowest BCUT2D eigenvalue weighted by Crippen LogP contribution is -2.46. The average Bonchev–Trinajstić information content (AvgIpc) is 3.34. The summed E-state index contributed by atoms with van der Waals surface area (Å²) in [5.41, 5.74) is 2.43. The van der Waals surface area contributed by atoms with Crippen LogP contribution in [0.15, 0.2) is 30.5 Å². The van der Waals surface area contributed by atoms with Crippen molar-refractivity contribution in [1.82, 2.24) is 15.2 Å². The van der Waals surface area contributed by atoms with Gasteiger partial charge in [-0.1, -0.05) is 12.1 Å². The molecular weight excluding hydrogens is 314 g/mol. The Kier molecular flexibility index (Phi) is 4.92. The fraction of sp³-hybridized carbons (Fsp3) is 0.550. The Labute approximate surface area is 148 Å². The molecule has 1 aromatic carbocycles. The second kappa shape index (κ2) is 7.48. The third-order valence-electron chi connectivity index (χ3n) is 5.67. The van der Waals surface area contributed by atoms with Crippen LogP contribution in [0.3, 0.4) is 0 Å². The SMILES string of the molecule is O=C(NCCc1cccc2[nH]ccc12)N1CCC(C2CCCO2)CC1. The maximum Gasteiger partial charge on any atom is 0.317 e. The monoisotopic (exact) mass is 341 g/mol. The van der Waals surface area contributed by atoms with Gasteiger partial charge in [0.25, 0.3) is 0 Å². The fourth-order valence-electron chi connectivity index (χ4n) is 4.23. The van der Waals surface area contributed by atoms with Crippen LogP contribution in [0, 0.1) is 5.92 Å². The highest BCUT2D eigenvalue weighted by Gasteiger charge is 2.30. The maximum absolute atomic E-state index is 12.4. The standard InChI is InChI=1S/C20H27N3O2/c24-20(23-12-8-16(9-13-23)19-5-2-14-25-19)22-10-6-15-3-1-4-18-17(15)7-11-21-18/h1,3-4,7,11,16,19,21H,2,5-6,8-10,12-14H2,(H,22,24). The third-order valence-corrected chi connectivity index (χ3v) is 5.67. The maximum atomic E-state index is 12.4. The minimum Gasteiger partial charge on any atom is -0.378 e. The number of benzene rings is 1. The van der Waals surface area contributed by atoms with Gasteiger partial charge in [0.15, 0.2) is 0 Å². The quantitative estimate of drug-likeness (QED) is 0.896. The van der Waals surface area contributed by atoms with Gasteiger partial charge in [0, 0.05) is 43.3 Å². The Hall–Kier alpha value is -2.01. The van der Waals surface area contributed by atoms with E-state index in [0.717, 1.165) is 44.5 Å². The largest absolute Gasteiger partial charge is 0.378 e. The zero-order valence-corrected chi connectivity index (χ0v) is 14.7. The van der Waals surface area contributed by atoms with Gasteiger partial charge in [0.05, 0.1) is 6.10 Å². The molecule has 1 atom stereocenters. The van der Waals surface area contributed by atoms with Crippen molar-refractivity contribution in [2.75, 3.05) is 26.2 Å². The van der Waals surface area contributed by atoms with Crippen molar-refractivity contribution in [2.45, 2.75) is 38.2 Å². The van der Waals surface area contributed by atoms with Crippen LogP contribution in [0.4, 0.5) is 4.79 Å². The van der Waals surface area contributed by atoms with Crippen LogP contribution in [0.25, 0.3) is 10.9 Å². The number of nitrogens with zero attached hydrogens (tertiary/aromatic N) is 1. The number of urea groups is 1. The Balaban J connectivity index is 1.23. The van der Waals surface area contributed by atoms with E-state index in [1.165, 1.54) is 23.8 Å². The molecule has 0 spiro atoms. The number of aromatic amines is 1. The van der Waals surface area contributed by atoms with Gasteiger partial charge in [0.1, 0.15) is 0 Å². The molecule has 2 aliphatic heterocycles. The third kappa shape index (κ3) is 3.66. The average molecular weight is 341 g/mol. The summed E-state index contributed by atoms with van der Waals surface area (Å²) in [5.74, 6) is 0.637. The lowest BCUT2D eigenvalue weighted by molar-refractivity contribution is 0.0373. The second-order valence-electron chi connectivity index (χ2n) is 7.21. The number of likely N-dealkylation sites (tertiary alicyclic amines) is 1. The van der Waals surface area contributed by atoms with Gasteiger partial charge in [-0.15, -0.1) is 0 Å². The summed E-state index contributed by atoms with van der Waals surface area (Å²) in [5, 5.41) is 4.33. The van der Waals surface area contributed by atoms with E-state index in [2.05, 4.69) is 34.6 Å². The molecule has 3 heterocycles. The summed E-state index contributed by atoms with van der Waals surface area (Å²) >= 11 is 0. The number of piperidine rings is 1. The Morgan fingerprint density at radius 2 is 2.12 bits per heavy atom. The van der Waals surface area contributed by atoms with Crippen LogP contribution in [0.2, 0.25) is 0 Å². The molecule has 134 valence electrons. The molecule has 2 aliphatic rings. The van der Waals surface area contributed by atoms with E-state index in [9.17, 15) is 4.79 Å². The van der Waals surface area contributed by atoms with Gasteiger partial charge in [-0.25, -0.2) is 4.79 Å². The van der Waals surface area contributed by atoms with Gasteiger partial charge >= 0.3 is 6.03 Å². The van der Waals surface area contributed by atoms with Crippen LogP contribution >= 0.6 is 0 Å². The van der Waals surface area contributed by atoms with Crippen LogP contribution in [-0.4, -0.2) is 48.3 Å². The van der Waals surface area contributed by atoms with E-state index in [1.54, 1.807) is 0 Å². The predicted molar refractivity (Wildman–Crippen MR) is 98.7 cm³/mol. The van der Waals surface area contributed by atoms with Crippen molar-refractivity contribution >= 4 is 16.9 Å². The van der Waals surface area contributed by atoms with E-state index < -0.39 is 0 Å². The molecule has 5 nitrogen and oxygen atoms in total. The van der Waals surface area contributed by atoms with Crippen molar-refractivity contribution in [3.8, 4) is 0 Å². The normalized spacial score (nSPS) is 21.8. The molecule has 2 saturated heterocycles. The number of carbonyl (C=O) groups excluding carboxylic acids is 1. The van der Waals surface area contributed by atoms with Gasteiger partial charge in [-0.2, -0.15) is 0 Å². The Bertz CT molecular complexity index is 713. The molecule has 2 fully saturated rings. The number of amides is 2. The molecule has 0 radical (unpaired) electrons. The highest BCUT2D eigenvalue weighted by atomic mass is 16.5. The number of H-pyrrole nitrogens is 1. The first-order valence-electron chi connectivity index (χ1n) is 9.50. The summed E-state index contributed by atoms with van der Waals surface area (Å²) < 4.78 is 5.81. The van der Waals surface area contributed by atoms with Gasteiger partial charge in [-0.05, 0) is 55.7 Å². The lowest BCUT2D eigenvalue weighted by Gasteiger charge is -2.34. The van der Waals surface area contributed by atoms with Crippen LogP contribution in [0.5, 0.6) is 0 Å². The van der Waals surface area contributed by atoms with E-state index in [4.69, 9.17) is 4.74 Å². The molecule has 2 amide bonds. The fourth-order valence-corrected chi connectivity index (χ4v) is 4.23. The smallest absolute Gasteiger partial charge is 0.317 e. The molecule has 1 unspecified atom stereocenters. The Morgan fingerprint density at radius 1 is 1.24 bits per heavy atom. The number of aromatic nitrogens is 1. The van der Waals surface area contributed by atoms with E-state index in [1.807, 2.05) is 11.1 Å². The number of ether oxygens (including phenoxy) is 1. The van der Waals surface area contributed by atoms with E-state index in [-0.39, 0.29) is 6.03 Å². The molecule has 0 bridgehead atoms. The number of hydrogen-bond donors (Lipinski definition) is 2. The number of carbonyl (C=O) groups is 1. The highest BCUT2D eigenvalue weighted by molar-refractivity contribution is 5.83. The Morgan fingerprint density at radius 3 is 2.92 bits per heavy atom. The van der Waals surface area contributed by atoms with Crippen molar-refractivity contribution in [2.24, 2.45) is 5.92 Å². The van der Waals surface area contributed by atoms with Gasteiger partial charge in [0.2, 0.25) is 0 Å².